The lowest BCUT2D eigenvalue weighted by atomic mass is 9.87. The van der Waals surface area contributed by atoms with Crippen molar-refractivity contribution < 1.29 is 22.7 Å². The van der Waals surface area contributed by atoms with Crippen molar-refractivity contribution in [3.05, 3.63) is 58.7 Å². The van der Waals surface area contributed by atoms with Crippen molar-refractivity contribution in [3.63, 3.8) is 0 Å². The molecule has 0 bridgehead atoms. The molecule has 0 saturated carbocycles. The van der Waals surface area contributed by atoms with Gasteiger partial charge in [-0.05, 0) is 49.6 Å². The smallest absolute Gasteiger partial charge is 0.256 e. The Bertz CT molecular complexity index is 1340. The van der Waals surface area contributed by atoms with Gasteiger partial charge in [-0.25, -0.2) is 8.42 Å². The summed E-state index contributed by atoms with van der Waals surface area (Å²) in [6, 6.07) is 11.6. The van der Waals surface area contributed by atoms with Crippen LogP contribution >= 0.6 is 0 Å². The van der Waals surface area contributed by atoms with Gasteiger partial charge < -0.3 is 19.9 Å². The van der Waals surface area contributed by atoms with Crippen LogP contribution in [0.2, 0.25) is 0 Å². The largest absolute Gasteiger partial charge is 0.384 e. The summed E-state index contributed by atoms with van der Waals surface area (Å²) in [4.78, 5) is 30.6. The number of ether oxygens (including phenoxy) is 1. The Morgan fingerprint density at radius 3 is 2.45 bits per heavy atom. The van der Waals surface area contributed by atoms with Gasteiger partial charge in [-0.3, -0.25) is 13.9 Å². The van der Waals surface area contributed by atoms with Crippen LogP contribution in [0.15, 0.2) is 36.4 Å². The first-order valence-electron chi connectivity index (χ1n) is 13.2. The molecule has 2 amide bonds. The second kappa shape index (κ2) is 10.6. The van der Waals surface area contributed by atoms with Gasteiger partial charge in [-0.1, -0.05) is 23.8 Å². The molecule has 38 heavy (non-hydrogen) atoms. The normalized spacial score (nSPS) is 23.1. The number of piperazine rings is 1. The number of amides is 2. The highest BCUT2D eigenvalue weighted by atomic mass is 32.2. The summed E-state index contributed by atoms with van der Waals surface area (Å²) in [6.07, 6.45) is 0.505. The van der Waals surface area contributed by atoms with Gasteiger partial charge in [0.25, 0.3) is 5.91 Å². The molecule has 3 aliphatic heterocycles. The topological polar surface area (TPSA) is 99.3 Å². The second-order valence-electron chi connectivity index (χ2n) is 10.5. The minimum atomic E-state index is -3.53. The summed E-state index contributed by atoms with van der Waals surface area (Å²) in [5.74, 6) is -0.752. The summed E-state index contributed by atoms with van der Waals surface area (Å²) in [7, 11) is -1.93. The van der Waals surface area contributed by atoms with Crippen molar-refractivity contribution in [1.82, 2.24) is 10.2 Å². The molecule has 10 heteroatoms. The fraction of sp³-hybridized carbons (Fsp3) is 0.500. The molecule has 2 aromatic carbocycles. The maximum atomic E-state index is 13.8. The minimum Gasteiger partial charge on any atom is -0.384 e. The van der Waals surface area contributed by atoms with Crippen molar-refractivity contribution in [1.29, 1.82) is 0 Å². The van der Waals surface area contributed by atoms with E-state index < -0.39 is 15.9 Å². The van der Waals surface area contributed by atoms with Gasteiger partial charge in [0, 0.05) is 58.0 Å². The van der Waals surface area contributed by atoms with Gasteiger partial charge in [-0.15, -0.1) is 0 Å². The molecule has 2 aromatic rings. The van der Waals surface area contributed by atoms with Crippen LogP contribution in [0.25, 0.3) is 0 Å². The molecular weight excluding hydrogens is 504 g/mol. The monoisotopic (exact) mass is 540 g/mol. The standard InChI is InChI=1S/C28H36N4O5S/c1-19-5-8-24(20(2)15-19)30-10-12-31(13-11-30)28(34)23-7-6-21(26-22(18-37-3)17-29-27(26)33)16-25(23)32-9-4-14-38(32,35)36/h5-8,15-16,22,26H,4,9-14,17-18H2,1-3H3,(H,29,33)/t22?,26-/m0/s1. The Kier molecular flexibility index (Phi) is 7.37. The number of nitrogens with one attached hydrogen (secondary N) is 1. The zero-order valence-corrected chi connectivity index (χ0v) is 23.1. The Morgan fingerprint density at radius 2 is 1.79 bits per heavy atom. The molecule has 9 nitrogen and oxygen atoms in total. The number of carbonyl (C=O) groups excluding carboxylic acids is 2. The number of carbonyl (C=O) groups is 2. The molecule has 0 radical (unpaired) electrons. The van der Waals surface area contributed by atoms with Crippen molar-refractivity contribution in [2.45, 2.75) is 26.2 Å². The van der Waals surface area contributed by atoms with E-state index in [2.05, 4.69) is 42.3 Å². The molecule has 0 aromatic heterocycles. The molecule has 0 spiro atoms. The van der Waals surface area contributed by atoms with E-state index in [1.807, 2.05) is 0 Å². The van der Waals surface area contributed by atoms with E-state index in [9.17, 15) is 18.0 Å². The first-order valence-corrected chi connectivity index (χ1v) is 14.8. The summed E-state index contributed by atoms with van der Waals surface area (Å²) in [6.45, 7) is 7.90. The van der Waals surface area contributed by atoms with Crippen LogP contribution in [0.1, 0.15) is 39.4 Å². The third-order valence-electron chi connectivity index (χ3n) is 7.91. The van der Waals surface area contributed by atoms with Gasteiger partial charge in [0.1, 0.15) is 0 Å². The third kappa shape index (κ3) is 4.99. The fourth-order valence-corrected chi connectivity index (χ4v) is 7.56. The lowest BCUT2D eigenvalue weighted by Crippen LogP contribution is -2.49. The number of methoxy groups -OCH3 is 1. The highest BCUT2D eigenvalue weighted by Crippen LogP contribution is 2.36. The zero-order chi connectivity index (χ0) is 27.0. The van der Waals surface area contributed by atoms with Gasteiger partial charge in [0.15, 0.2) is 0 Å². The van der Waals surface area contributed by atoms with E-state index in [1.165, 1.54) is 21.1 Å². The lowest BCUT2D eigenvalue weighted by molar-refractivity contribution is -0.120. The number of sulfonamides is 1. The molecule has 3 heterocycles. The van der Waals surface area contributed by atoms with Crippen LogP contribution in [0.5, 0.6) is 0 Å². The van der Waals surface area contributed by atoms with Crippen LogP contribution < -0.4 is 14.5 Å². The molecule has 1 N–H and O–H groups in total. The van der Waals surface area contributed by atoms with E-state index in [0.717, 1.165) is 0 Å². The number of rotatable bonds is 6. The van der Waals surface area contributed by atoms with Crippen molar-refractivity contribution in [2.24, 2.45) is 5.92 Å². The molecule has 3 saturated heterocycles. The van der Waals surface area contributed by atoms with Crippen molar-refractivity contribution in [3.8, 4) is 0 Å². The van der Waals surface area contributed by atoms with E-state index in [4.69, 9.17) is 4.74 Å². The predicted octanol–water partition coefficient (Wildman–Crippen LogP) is 2.28. The van der Waals surface area contributed by atoms with Crippen molar-refractivity contribution >= 4 is 33.2 Å². The molecule has 3 aliphatic rings. The molecule has 0 aliphatic carbocycles. The average molecular weight is 541 g/mol. The Hall–Kier alpha value is -3.11. The number of hydrogen-bond acceptors (Lipinski definition) is 6. The summed E-state index contributed by atoms with van der Waals surface area (Å²) >= 11 is 0. The highest BCUT2D eigenvalue weighted by Gasteiger charge is 2.38. The Labute approximate surface area is 224 Å². The number of benzene rings is 2. The molecule has 5 rings (SSSR count). The van der Waals surface area contributed by atoms with Gasteiger partial charge >= 0.3 is 0 Å². The maximum absolute atomic E-state index is 13.8. The third-order valence-corrected chi connectivity index (χ3v) is 9.77. The van der Waals surface area contributed by atoms with E-state index in [0.29, 0.717) is 69.1 Å². The van der Waals surface area contributed by atoms with Crippen molar-refractivity contribution in [2.75, 3.05) is 67.9 Å². The average Bonchev–Trinajstić information content (AvgIpc) is 3.44. The first-order chi connectivity index (χ1) is 18.2. The van der Waals surface area contributed by atoms with E-state index in [-0.39, 0.29) is 23.5 Å². The summed E-state index contributed by atoms with van der Waals surface area (Å²) in [5.41, 5.74) is 5.05. The molecule has 204 valence electrons. The number of hydrogen-bond donors (Lipinski definition) is 1. The lowest BCUT2D eigenvalue weighted by Gasteiger charge is -2.37. The second-order valence-corrected chi connectivity index (χ2v) is 12.5. The summed E-state index contributed by atoms with van der Waals surface area (Å²) in [5, 5.41) is 2.89. The molecular formula is C28H36N4O5S. The number of aryl methyl sites for hydroxylation is 2. The zero-order valence-electron chi connectivity index (χ0n) is 22.3. The van der Waals surface area contributed by atoms with Crippen LogP contribution in [0.3, 0.4) is 0 Å². The Morgan fingerprint density at radius 1 is 1.03 bits per heavy atom. The molecule has 1 unspecified atom stereocenters. The van der Waals surface area contributed by atoms with E-state index in [1.54, 1.807) is 30.2 Å². The van der Waals surface area contributed by atoms with Crippen LogP contribution in [0, 0.1) is 19.8 Å². The quantitative estimate of drug-likeness (QED) is 0.604. The number of nitrogens with zero attached hydrogens (tertiary/aromatic N) is 3. The molecule has 2 atom stereocenters. The highest BCUT2D eigenvalue weighted by molar-refractivity contribution is 7.93. The van der Waals surface area contributed by atoms with E-state index >= 15 is 0 Å². The van der Waals surface area contributed by atoms with Gasteiger partial charge in [0.2, 0.25) is 15.9 Å². The predicted molar refractivity (Wildman–Crippen MR) is 147 cm³/mol. The molecule has 3 fully saturated rings. The van der Waals surface area contributed by atoms with Gasteiger partial charge in [-0.2, -0.15) is 0 Å². The Balaban J connectivity index is 1.42. The van der Waals surface area contributed by atoms with Crippen LogP contribution in [-0.2, 0) is 19.6 Å². The van der Waals surface area contributed by atoms with Crippen LogP contribution in [-0.4, -0.2) is 83.9 Å². The SMILES string of the molecule is COCC1CNC(=O)[C@H]1c1ccc(C(=O)N2CCN(c3ccc(C)cc3C)CC2)c(N2CCCS2(=O)=O)c1. The fourth-order valence-electron chi connectivity index (χ4n) is 5.99. The minimum absolute atomic E-state index is 0.0512. The van der Waals surface area contributed by atoms with Gasteiger partial charge in [0.05, 0.1) is 29.5 Å². The summed E-state index contributed by atoms with van der Waals surface area (Å²) < 4.78 is 32.5. The first kappa shape index (κ1) is 26.5. The number of anilines is 2. The van der Waals surface area contributed by atoms with Crippen LogP contribution in [0.4, 0.5) is 11.4 Å². The maximum Gasteiger partial charge on any atom is 0.256 e.